The molecule has 7 nitrogen and oxygen atoms in total. The number of carbonyl (C=O) groups excluding carboxylic acids is 1. The molecular weight excluding hydrogens is 366 g/mol. The van der Waals surface area contributed by atoms with Gasteiger partial charge >= 0.3 is 0 Å². The summed E-state index contributed by atoms with van der Waals surface area (Å²) in [6.07, 6.45) is 2.68. The monoisotopic (exact) mass is 389 g/mol. The van der Waals surface area contributed by atoms with Gasteiger partial charge in [0.2, 0.25) is 15.9 Å². The second kappa shape index (κ2) is 8.06. The van der Waals surface area contributed by atoms with Gasteiger partial charge in [0, 0.05) is 13.1 Å². The van der Waals surface area contributed by atoms with Crippen LogP contribution in [0.5, 0.6) is 0 Å². The highest BCUT2D eigenvalue weighted by atomic mass is 32.2. The lowest BCUT2D eigenvalue weighted by atomic mass is 9.99. The molecule has 1 aromatic carbocycles. The number of sulfonamides is 1. The number of aryl methyl sites for hydroxylation is 2. The molecule has 1 atom stereocenters. The fourth-order valence-corrected chi connectivity index (χ4v) is 4.53. The largest absolute Gasteiger partial charge is 0.460 e. The van der Waals surface area contributed by atoms with Crippen LogP contribution in [0.3, 0.4) is 0 Å². The van der Waals surface area contributed by atoms with Crippen LogP contribution < -0.4 is 5.43 Å². The Morgan fingerprint density at radius 1 is 1.22 bits per heavy atom. The number of nitrogens with one attached hydrogen (secondary N) is 1. The number of rotatable bonds is 5. The number of piperidine rings is 1. The fourth-order valence-electron chi connectivity index (χ4n) is 3.01. The number of hydrazone groups is 1. The Hall–Kier alpha value is -2.45. The Kier molecular flexibility index (Phi) is 5.76. The van der Waals surface area contributed by atoms with E-state index in [9.17, 15) is 13.2 Å². The van der Waals surface area contributed by atoms with E-state index >= 15 is 0 Å². The van der Waals surface area contributed by atoms with Gasteiger partial charge in [-0.3, -0.25) is 4.79 Å². The molecule has 2 aromatic rings. The molecule has 0 aliphatic carbocycles. The van der Waals surface area contributed by atoms with E-state index in [2.05, 4.69) is 10.5 Å². The van der Waals surface area contributed by atoms with Crippen LogP contribution in [0.1, 0.15) is 29.9 Å². The van der Waals surface area contributed by atoms with Crippen molar-refractivity contribution in [3.63, 3.8) is 0 Å². The van der Waals surface area contributed by atoms with E-state index in [1.165, 1.54) is 10.5 Å². The van der Waals surface area contributed by atoms with Gasteiger partial charge in [-0.1, -0.05) is 17.7 Å². The third-order valence-electron chi connectivity index (χ3n) is 4.54. The van der Waals surface area contributed by atoms with Crippen LogP contribution in [0.2, 0.25) is 0 Å². The Balaban J connectivity index is 1.63. The third-order valence-corrected chi connectivity index (χ3v) is 6.42. The first kappa shape index (κ1) is 19.3. The maximum Gasteiger partial charge on any atom is 0.244 e. The van der Waals surface area contributed by atoms with Crippen LogP contribution >= 0.6 is 0 Å². The highest BCUT2D eigenvalue weighted by Gasteiger charge is 2.33. The van der Waals surface area contributed by atoms with E-state index in [1.807, 2.05) is 13.8 Å². The molecule has 144 valence electrons. The van der Waals surface area contributed by atoms with Crippen LogP contribution in [0.25, 0.3) is 0 Å². The van der Waals surface area contributed by atoms with Crippen molar-refractivity contribution in [2.24, 2.45) is 11.0 Å². The Morgan fingerprint density at radius 3 is 2.63 bits per heavy atom. The lowest BCUT2D eigenvalue weighted by Crippen LogP contribution is -2.44. The molecule has 0 saturated carbocycles. The van der Waals surface area contributed by atoms with Crippen molar-refractivity contribution in [2.75, 3.05) is 13.1 Å². The summed E-state index contributed by atoms with van der Waals surface area (Å²) in [6, 6.07) is 10.3. The summed E-state index contributed by atoms with van der Waals surface area (Å²) in [4.78, 5) is 12.6. The summed E-state index contributed by atoms with van der Waals surface area (Å²) >= 11 is 0. The maximum atomic E-state index is 12.8. The molecule has 1 aromatic heterocycles. The number of hydrogen-bond donors (Lipinski definition) is 1. The van der Waals surface area contributed by atoms with E-state index < -0.39 is 15.9 Å². The molecule has 1 amide bonds. The number of carbonyl (C=O) groups is 1. The smallest absolute Gasteiger partial charge is 0.244 e. The Morgan fingerprint density at radius 2 is 1.96 bits per heavy atom. The molecule has 0 unspecified atom stereocenters. The molecule has 27 heavy (non-hydrogen) atoms. The van der Waals surface area contributed by atoms with Crippen LogP contribution in [-0.2, 0) is 14.8 Å². The van der Waals surface area contributed by atoms with Crippen molar-refractivity contribution in [1.29, 1.82) is 0 Å². The minimum absolute atomic E-state index is 0.150. The van der Waals surface area contributed by atoms with E-state index in [-0.39, 0.29) is 17.3 Å². The summed E-state index contributed by atoms with van der Waals surface area (Å²) in [5.41, 5.74) is 3.47. The quantitative estimate of drug-likeness (QED) is 0.628. The highest BCUT2D eigenvalue weighted by molar-refractivity contribution is 7.89. The van der Waals surface area contributed by atoms with Gasteiger partial charge in [-0.05, 0) is 51.0 Å². The van der Waals surface area contributed by atoms with Gasteiger partial charge in [0.05, 0.1) is 17.0 Å². The van der Waals surface area contributed by atoms with Gasteiger partial charge in [0.1, 0.15) is 11.5 Å². The average Bonchev–Trinajstić information content (AvgIpc) is 3.07. The molecule has 1 aliphatic rings. The van der Waals surface area contributed by atoms with Crippen LogP contribution in [-0.4, -0.2) is 37.9 Å². The minimum atomic E-state index is -3.61. The fraction of sp³-hybridized carbons (Fsp3) is 0.368. The molecule has 0 spiro atoms. The lowest BCUT2D eigenvalue weighted by Gasteiger charge is -2.30. The zero-order valence-corrected chi connectivity index (χ0v) is 16.2. The number of amides is 1. The van der Waals surface area contributed by atoms with E-state index in [4.69, 9.17) is 4.42 Å². The van der Waals surface area contributed by atoms with Gasteiger partial charge < -0.3 is 4.42 Å². The van der Waals surface area contributed by atoms with Gasteiger partial charge in [0.25, 0.3) is 0 Å². The van der Waals surface area contributed by atoms with E-state index in [1.54, 1.807) is 36.4 Å². The predicted molar refractivity (Wildman–Crippen MR) is 102 cm³/mol. The topological polar surface area (TPSA) is 92.0 Å². The summed E-state index contributed by atoms with van der Waals surface area (Å²) in [5.74, 6) is 0.569. The molecule has 2 heterocycles. The van der Waals surface area contributed by atoms with Crippen molar-refractivity contribution in [2.45, 2.75) is 31.6 Å². The van der Waals surface area contributed by atoms with Crippen molar-refractivity contribution < 1.29 is 17.6 Å². The second-order valence-corrected chi connectivity index (χ2v) is 8.64. The molecule has 1 fully saturated rings. The number of benzene rings is 1. The molecule has 0 bridgehead atoms. The molecular formula is C19H23N3O4S. The molecule has 1 aliphatic heterocycles. The summed E-state index contributed by atoms with van der Waals surface area (Å²) < 4.78 is 32.4. The summed E-state index contributed by atoms with van der Waals surface area (Å²) in [7, 11) is -3.61. The zero-order valence-electron chi connectivity index (χ0n) is 15.4. The second-order valence-electron chi connectivity index (χ2n) is 6.70. The molecule has 0 radical (unpaired) electrons. The average molecular weight is 389 g/mol. The minimum Gasteiger partial charge on any atom is -0.460 e. The number of furan rings is 1. The first-order valence-electron chi connectivity index (χ1n) is 8.82. The van der Waals surface area contributed by atoms with E-state index in [0.717, 1.165) is 11.3 Å². The molecule has 1 N–H and O–H groups in total. The van der Waals surface area contributed by atoms with Crippen molar-refractivity contribution in [3.05, 3.63) is 53.5 Å². The normalized spacial score (nSPS) is 18.7. The third kappa shape index (κ3) is 4.64. The van der Waals surface area contributed by atoms with Crippen LogP contribution in [0, 0.1) is 19.8 Å². The van der Waals surface area contributed by atoms with Crippen molar-refractivity contribution in [1.82, 2.24) is 9.73 Å². The lowest BCUT2D eigenvalue weighted by molar-refractivity contribution is -0.126. The van der Waals surface area contributed by atoms with Crippen LogP contribution in [0.4, 0.5) is 0 Å². The maximum absolute atomic E-state index is 12.8. The predicted octanol–water partition coefficient (Wildman–Crippen LogP) is 2.45. The zero-order chi connectivity index (χ0) is 19.4. The number of hydrogen-bond acceptors (Lipinski definition) is 5. The first-order valence-corrected chi connectivity index (χ1v) is 10.3. The summed E-state index contributed by atoms with van der Waals surface area (Å²) in [6.45, 7) is 4.29. The van der Waals surface area contributed by atoms with Crippen molar-refractivity contribution in [3.8, 4) is 0 Å². The summed E-state index contributed by atoms with van der Waals surface area (Å²) in [5, 5.41) is 3.90. The number of nitrogens with zero attached hydrogens (tertiary/aromatic N) is 2. The van der Waals surface area contributed by atoms with Gasteiger partial charge in [-0.25, -0.2) is 13.8 Å². The van der Waals surface area contributed by atoms with Crippen molar-refractivity contribution >= 4 is 22.1 Å². The van der Waals surface area contributed by atoms with Gasteiger partial charge in [-0.15, -0.1) is 0 Å². The molecule has 3 rings (SSSR count). The van der Waals surface area contributed by atoms with Gasteiger partial charge in [-0.2, -0.15) is 9.41 Å². The SMILES string of the molecule is Cc1ccc(S(=O)(=O)N2CCC[C@@H](C(=O)N/N=C\c3ccc(C)o3)C2)cc1. The Bertz CT molecular complexity index is 932. The first-order chi connectivity index (χ1) is 12.9. The van der Waals surface area contributed by atoms with Crippen LogP contribution in [0.15, 0.2) is 50.8 Å². The highest BCUT2D eigenvalue weighted by Crippen LogP contribution is 2.24. The standard InChI is InChI=1S/C19H23N3O4S/c1-14-5-9-18(10-6-14)27(24,25)22-11-3-4-16(13-22)19(23)21-20-12-17-8-7-15(2)26-17/h5-10,12,16H,3-4,11,13H2,1-2H3,(H,21,23)/b20-12-/t16-/m1/s1. The molecule has 8 heteroatoms. The van der Waals surface area contributed by atoms with Gasteiger partial charge in [0.15, 0.2) is 0 Å². The van der Waals surface area contributed by atoms with E-state index in [0.29, 0.717) is 25.1 Å². The Labute approximate surface area is 159 Å². The molecule has 1 saturated heterocycles.